The van der Waals surface area contributed by atoms with Crippen LogP contribution in [0.3, 0.4) is 0 Å². The first kappa shape index (κ1) is 11.0. The van der Waals surface area contributed by atoms with E-state index >= 15 is 0 Å². The fourth-order valence-corrected chi connectivity index (χ4v) is 1.36. The molecule has 0 spiro atoms. The molecule has 0 saturated carbocycles. The van der Waals surface area contributed by atoms with Crippen molar-refractivity contribution in [2.24, 2.45) is 0 Å². The van der Waals surface area contributed by atoms with Crippen molar-refractivity contribution >= 4 is 22.3 Å². The van der Waals surface area contributed by atoms with Crippen LogP contribution in [0.15, 0.2) is 23.4 Å². The Labute approximate surface area is 78.9 Å². The number of halogens is 3. The van der Waals surface area contributed by atoms with E-state index in [9.17, 15) is 21.4 Å². The predicted octanol–water partition coefficient (Wildman–Crippen LogP) is 0.540. The maximum Gasteiger partial charge on any atom is 0.511 e. The van der Waals surface area contributed by atoms with Gasteiger partial charge in [-0.25, -0.2) is 13.4 Å². The Balaban J connectivity index is 3.14. The fourth-order valence-electron chi connectivity index (χ4n) is 0.805. The van der Waals surface area contributed by atoms with Gasteiger partial charge in [-0.05, 0) is 6.07 Å². The summed E-state index contributed by atoms with van der Waals surface area (Å²) in [6.45, 7) is -5.12. The average molecular weight is 224 g/mol. The van der Waals surface area contributed by atoms with E-state index in [1.165, 1.54) is 0 Å². The van der Waals surface area contributed by atoms with Crippen LogP contribution in [-0.2, 0) is 9.84 Å². The Morgan fingerprint density at radius 3 is 2.14 bits per heavy atom. The van der Waals surface area contributed by atoms with Crippen molar-refractivity contribution in [2.75, 3.05) is 6.26 Å². The molecule has 0 N–H and O–H groups in total. The van der Waals surface area contributed by atoms with Gasteiger partial charge in [0.1, 0.15) is 0 Å². The second-order valence-electron chi connectivity index (χ2n) is 2.78. The van der Waals surface area contributed by atoms with Crippen molar-refractivity contribution in [1.82, 2.24) is 4.98 Å². The summed E-state index contributed by atoms with van der Waals surface area (Å²) in [5.41, 5.74) is -0.905. The summed E-state index contributed by atoms with van der Waals surface area (Å²) in [5.74, 6) is 0. The zero-order chi connectivity index (χ0) is 11.0. The van der Waals surface area contributed by atoms with Crippen LogP contribution in [0.4, 0.5) is 12.9 Å². The molecule has 0 aliphatic carbocycles. The van der Waals surface area contributed by atoms with Crippen LogP contribution in [0.1, 0.15) is 0 Å². The molecule has 3 nitrogen and oxygen atoms in total. The third-order valence-electron chi connectivity index (χ3n) is 1.52. The lowest BCUT2D eigenvalue weighted by Crippen LogP contribution is -2.34. The van der Waals surface area contributed by atoms with E-state index in [4.69, 9.17) is 0 Å². The summed E-state index contributed by atoms with van der Waals surface area (Å²) in [7, 11) is -3.54. The molecule has 0 aliphatic heterocycles. The molecule has 78 valence electrons. The lowest BCUT2D eigenvalue weighted by Gasteiger charge is -2.13. The molecule has 14 heavy (non-hydrogen) atoms. The van der Waals surface area contributed by atoms with Crippen molar-refractivity contribution in [1.29, 1.82) is 0 Å². The maximum atomic E-state index is 12.1. The number of hydrogen-bond acceptors (Lipinski definition) is 3. The second kappa shape index (κ2) is 3.27. The van der Waals surface area contributed by atoms with Crippen molar-refractivity contribution < 1.29 is 21.4 Å². The fraction of sp³-hybridized carbons (Fsp3) is 0.167. The van der Waals surface area contributed by atoms with Gasteiger partial charge in [0.25, 0.3) is 0 Å². The molecule has 0 bridgehead atoms. The number of rotatable bonds is 2. The van der Waals surface area contributed by atoms with Crippen molar-refractivity contribution in [2.45, 2.75) is 5.03 Å². The molecule has 8 heteroatoms. The van der Waals surface area contributed by atoms with E-state index in [2.05, 4.69) is 4.98 Å². The van der Waals surface area contributed by atoms with Crippen LogP contribution in [0, 0.1) is 0 Å². The van der Waals surface area contributed by atoms with Gasteiger partial charge in [0.15, 0.2) is 14.9 Å². The summed E-state index contributed by atoms with van der Waals surface area (Å²) in [5, 5.41) is -0.360. The molecular weight excluding hydrogens is 218 g/mol. The quantitative estimate of drug-likeness (QED) is 0.688. The van der Waals surface area contributed by atoms with Gasteiger partial charge < -0.3 is 12.9 Å². The van der Waals surface area contributed by atoms with Gasteiger partial charge in [0, 0.05) is 12.5 Å². The molecule has 0 aliphatic rings. The van der Waals surface area contributed by atoms with E-state index < -0.39 is 22.3 Å². The Kier molecular flexibility index (Phi) is 2.57. The molecule has 0 amide bonds. The molecule has 1 heterocycles. The van der Waals surface area contributed by atoms with Gasteiger partial charge in [-0.2, -0.15) is 0 Å². The highest BCUT2D eigenvalue weighted by Gasteiger charge is 2.26. The normalized spacial score (nSPS) is 12.9. The zero-order valence-corrected chi connectivity index (χ0v) is 7.93. The van der Waals surface area contributed by atoms with E-state index in [0.29, 0.717) is 12.3 Å². The van der Waals surface area contributed by atoms with Crippen molar-refractivity contribution in [3.63, 3.8) is 0 Å². The van der Waals surface area contributed by atoms with Crippen LogP contribution >= 0.6 is 0 Å². The van der Waals surface area contributed by atoms with Crippen LogP contribution in [0.5, 0.6) is 0 Å². The third-order valence-corrected chi connectivity index (χ3v) is 2.52. The zero-order valence-electron chi connectivity index (χ0n) is 7.12. The molecule has 0 atom stereocenters. The first-order chi connectivity index (χ1) is 6.21. The average Bonchev–Trinajstić information content (AvgIpc) is 2.01. The highest BCUT2D eigenvalue weighted by Crippen LogP contribution is 2.09. The Hall–Kier alpha value is -1.05. The molecule has 0 radical (unpaired) electrons. The predicted molar refractivity (Wildman–Crippen MR) is 46.1 cm³/mol. The number of pyridine rings is 1. The minimum absolute atomic E-state index is 0.360. The largest absolute Gasteiger partial charge is 0.511 e. The molecule has 1 aromatic heterocycles. The number of nitrogens with zero attached hydrogens (tertiary/aromatic N) is 1. The van der Waals surface area contributed by atoms with Gasteiger partial charge in [-0.3, -0.25) is 0 Å². The highest BCUT2D eigenvalue weighted by atomic mass is 32.2. The highest BCUT2D eigenvalue weighted by molar-refractivity contribution is 7.90. The monoisotopic (exact) mass is 224 g/mol. The van der Waals surface area contributed by atoms with Gasteiger partial charge in [0.05, 0.1) is 0 Å². The van der Waals surface area contributed by atoms with Gasteiger partial charge in [-0.1, -0.05) is 11.5 Å². The van der Waals surface area contributed by atoms with E-state index in [1.807, 2.05) is 0 Å². The van der Waals surface area contributed by atoms with Gasteiger partial charge in [0.2, 0.25) is 0 Å². The number of hydrogen-bond donors (Lipinski definition) is 0. The summed E-state index contributed by atoms with van der Waals surface area (Å²) < 4.78 is 58.0. The number of sulfone groups is 1. The lowest BCUT2D eigenvalue weighted by molar-refractivity contribution is 0.500. The summed E-state index contributed by atoms with van der Waals surface area (Å²) in [6, 6.07) is 1.56. The molecule has 0 aromatic carbocycles. The smallest absolute Gasteiger partial charge is 0.445 e. The molecule has 0 fully saturated rings. The second-order valence-corrected chi connectivity index (χ2v) is 4.74. The standard InChI is InChI=1S/C6H6BF3NO2S/c1-14(12,13)6-3-2-5(4-11-6)7(8,9)10/h2-4H,1H3/q-1. The summed E-state index contributed by atoms with van der Waals surface area (Å²) in [6.07, 6.45) is 1.41. The summed E-state index contributed by atoms with van der Waals surface area (Å²) in [4.78, 5) is 3.22. The van der Waals surface area contributed by atoms with Crippen molar-refractivity contribution in [3.8, 4) is 0 Å². The molecule has 1 rings (SSSR count). The van der Waals surface area contributed by atoms with Crippen LogP contribution in [0.25, 0.3) is 0 Å². The minimum atomic E-state index is -5.12. The van der Waals surface area contributed by atoms with Gasteiger partial charge >= 0.3 is 6.98 Å². The van der Waals surface area contributed by atoms with E-state index in [-0.39, 0.29) is 5.03 Å². The molecule has 0 saturated heterocycles. The number of aromatic nitrogens is 1. The van der Waals surface area contributed by atoms with Crippen LogP contribution < -0.4 is 5.46 Å². The lowest BCUT2D eigenvalue weighted by atomic mass is 9.82. The summed E-state index contributed by atoms with van der Waals surface area (Å²) >= 11 is 0. The van der Waals surface area contributed by atoms with Gasteiger partial charge in [-0.15, -0.1) is 0 Å². The molecule has 1 aromatic rings. The van der Waals surface area contributed by atoms with E-state index in [0.717, 1.165) is 12.3 Å². The van der Waals surface area contributed by atoms with Crippen LogP contribution in [0.2, 0.25) is 0 Å². The third kappa shape index (κ3) is 2.47. The van der Waals surface area contributed by atoms with Crippen LogP contribution in [-0.4, -0.2) is 26.6 Å². The maximum absolute atomic E-state index is 12.1. The molecular formula is C6H6BF3NO2S-. The topological polar surface area (TPSA) is 47.0 Å². The Morgan fingerprint density at radius 2 is 1.86 bits per heavy atom. The van der Waals surface area contributed by atoms with Crippen molar-refractivity contribution in [3.05, 3.63) is 18.3 Å². The Morgan fingerprint density at radius 1 is 1.29 bits per heavy atom. The minimum Gasteiger partial charge on any atom is -0.445 e. The van der Waals surface area contributed by atoms with E-state index in [1.54, 1.807) is 0 Å². The first-order valence-electron chi connectivity index (χ1n) is 3.57. The first-order valence-corrected chi connectivity index (χ1v) is 5.46. The Bertz CT molecular complexity index is 425. The molecule has 0 unspecified atom stereocenters. The SMILES string of the molecule is CS(=O)(=O)c1ccc([B-](F)(F)F)cn1.